The van der Waals surface area contributed by atoms with E-state index in [1.54, 1.807) is 0 Å². The molecule has 1 aliphatic rings. The molecule has 98 valence electrons. The first-order valence-electron chi connectivity index (χ1n) is 6.99. The van der Waals surface area contributed by atoms with E-state index in [0.717, 1.165) is 51.4 Å². The van der Waals surface area contributed by atoms with Gasteiger partial charge in [-0.15, -0.1) is 0 Å². The molecule has 0 aromatic carbocycles. The Kier molecular flexibility index (Phi) is 7.82. The number of rotatable bonds is 1. The highest BCUT2D eigenvalue weighted by molar-refractivity contribution is 5.69. The van der Waals surface area contributed by atoms with Crippen LogP contribution in [0.2, 0.25) is 0 Å². The van der Waals surface area contributed by atoms with Gasteiger partial charge < -0.3 is 5.11 Å². The molecule has 2 heteroatoms. The number of carboxylic acid groups (broad SMARTS) is 1. The van der Waals surface area contributed by atoms with Gasteiger partial charge in [0.25, 0.3) is 0 Å². The highest BCUT2D eigenvalue weighted by atomic mass is 16.4. The van der Waals surface area contributed by atoms with Gasteiger partial charge in [0, 0.05) is 12.8 Å². The van der Waals surface area contributed by atoms with Crippen molar-refractivity contribution in [3.05, 3.63) is 0 Å². The molecule has 1 atom stereocenters. The maximum absolute atomic E-state index is 11.1. The van der Waals surface area contributed by atoms with Gasteiger partial charge in [-0.2, -0.15) is 0 Å². The zero-order chi connectivity index (χ0) is 13.1. The van der Waals surface area contributed by atoms with Crippen LogP contribution in [0.1, 0.15) is 64.2 Å². The number of carbonyl (C=O) groups is 1. The molecule has 0 heterocycles. The Labute approximate surface area is 110 Å². The minimum Gasteiger partial charge on any atom is -0.481 e. The Morgan fingerprint density at radius 1 is 0.833 bits per heavy atom. The van der Waals surface area contributed by atoms with Crippen LogP contribution in [-0.2, 0) is 4.79 Å². The number of hydrogen-bond donors (Lipinski definition) is 1. The standard InChI is InChI=1S/C16H22O2/c17-16(18)15-13-11-9-7-5-3-1-2-4-6-8-10-12-14-15/h15H,1,3,5,7,9-14H2,(H,17,18). The Hall–Kier alpha value is -1.41. The van der Waals surface area contributed by atoms with Crippen molar-refractivity contribution in [2.45, 2.75) is 64.2 Å². The minimum absolute atomic E-state index is 0.178. The lowest BCUT2D eigenvalue weighted by Crippen LogP contribution is -2.13. The first-order chi connectivity index (χ1) is 8.80. The van der Waals surface area contributed by atoms with Crippen LogP contribution in [0.3, 0.4) is 0 Å². The molecule has 1 N–H and O–H groups in total. The third-order valence-corrected chi connectivity index (χ3v) is 3.30. The summed E-state index contributed by atoms with van der Waals surface area (Å²) in [5.41, 5.74) is 0. The summed E-state index contributed by atoms with van der Waals surface area (Å²) in [4.78, 5) is 11.1. The molecule has 0 amide bonds. The van der Waals surface area contributed by atoms with Crippen molar-refractivity contribution in [3.63, 3.8) is 0 Å². The van der Waals surface area contributed by atoms with Crippen molar-refractivity contribution < 1.29 is 9.90 Å². The molecule has 0 radical (unpaired) electrons. The van der Waals surface area contributed by atoms with Gasteiger partial charge in [0.15, 0.2) is 0 Å². The van der Waals surface area contributed by atoms with Gasteiger partial charge in [-0.25, -0.2) is 0 Å². The molecular weight excluding hydrogens is 224 g/mol. The van der Waals surface area contributed by atoms with Gasteiger partial charge in [0.2, 0.25) is 0 Å². The summed E-state index contributed by atoms with van der Waals surface area (Å²) in [6.45, 7) is 0. The highest BCUT2D eigenvalue weighted by Gasteiger charge is 2.15. The van der Waals surface area contributed by atoms with E-state index in [0.29, 0.717) is 0 Å². The van der Waals surface area contributed by atoms with Crippen molar-refractivity contribution >= 4 is 5.97 Å². The van der Waals surface area contributed by atoms with Crippen LogP contribution >= 0.6 is 0 Å². The average Bonchev–Trinajstić information content (AvgIpc) is 2.36. The Bertz CT molecular complexity index is 362. The van der Waals surface area contributed by atoms with Crippen LogP contribution in [0, 0.1) is 29.6 Å². The minimum atomic E-state index is -0.646. The molecule has 0 saturated heterocycles. The van der Waals surface area contributed by atoms with Gasteiger partial charge in [-0.05, 0) is 37.5 Å². The van der Waals surface area contributed by atoms with Gasteiger partial charge >= 0.3 is 5.97 Å². The molecule has 2 nitrogen and oxygen atoms in total. The molecule has 1 unspecified atom stereocenters. The lowest BCUT2D eigenvalue weighted by Gasteiger charge is -2.11. The van der Waals surface area contributed by atoms with E-state index in [1.165, 1.54) is 12.8 Å². The SMILES string of the molecule is O=C(O)C1CCCC#CC#CCCCCCCC1. The fourth-order valence-electron chi connectivity index (χ4n) is 2.18. The smallest absolute Gasteiger partial charge is 0.306 e. The summed E-state index contributed by atoms with van der Waals surface area (Å²) in [6, 6.07) is 0. The van der Waals surface area contributed by atoms with E-state index >= 15 is 0 Å². The maximum atomic E-state index is 11.1. The second-order valence-electron chi connectivity index (χ2n) is 4.84. The topological polar surface area (TPSA) is 37.3 Å². The van der Waals surface area contributed by atoms with Crippen LogP contribution in [0.4, 0.5) is 0 Å². The molecule has 0 bridgehead atoms. The van der Waals surface area contributed by atoms with Gasteiger partial charge in [-0.1, -0.05) is 37.5 Å². The summed E-state index contributed by atoms with van der Waals surface area (Å²) < 4.78 is 0. The van der Waals surface area contributed by atoms with E-state index in [2.05, 4.69) is 23.7 Å². The quantitative estimate of drug-likeness (QED) is 0.718. The first-order valence-corrected chi connectivity index (χ1v) is 6.99. The third-order valence-electron chi connectivity index (χ3n) is 3.30. The van der Waals surface area contributed by atoms with Crippen LogP contribution < -0.4 is 0 Å². The lowest BCUT2D eigenvalue weighted by atomic mass is 9.95. The Morgan fingerprint density at radius 3 is 2.11 bits per heavy atom. The van der Waals surface area contributed by atoms with Crippen LogP contribution in [-0.4, -0.2) is 11.1 Å². The van der Waals surface area contributed by atoms with Crippen molar-refractivity contribution in [3.8, 4) is 23.7 Å². The van der Waals surface area contributed by atoms with Crippen LogP contribution in [0.25, 0.3) is 0 Å². The van der Waals surface area contributed by atoms with Gasteiger partial charge in [0.1, 0.15) is 0 Å². The second-order valence-corrected chi connectivity index (χ2v) is 4.84. The third kappa shape index (κ3) is 7.02. The molecule has 0 aromatic heterocycles. The van der Waals surface area contributed by atoms with Crippen molar-refractivity contribution in [2.24, 2.45) is 5.92 Å². The normalized spacial score (nSPS) is 22.3. The zero-order valence-electron chi connectivity index (χ0n) is 11.0. The Morgan fingerprint density at radius 2 is 1.39 bits per heavy atom. The number of aliphatic carboxylic acids is 1. The predicted molar refractivity (Wildman–Crippen MR) is 72.8 cm³/mol. The van der Waals surface area contributed by atoms with E-state index < -0.39 is 5.97 Å². The average molecular weight is 246 g/mol. The van der Waals surface area contributed by atoms with Crippen molar-refractivity contribution in [1.29, 1.82) is 0 Å². The molecule has 0 spiro atoms. The summed E-state index contributed by atoms with van der Waals surface area (Å²) in [5, 5.41) is 9.13. The fourth-order valence-corrected chi connectivity index (χ4v) is 2.18. The molecule has 0 saturated carbocycles. The van der Waals surface area contributed by atoms with E-state index in [9.17, 15) is 4.79 Å². The number of hydrogen-bond acceptors (Lipinski definition) is 1. The second kappa shape index (κ2) is 9.60. The molecule has 1 rings (SSSR count). The largest absolute Gasteiger partial charge is 0.481 e. The van der Waals surface area contributed by atoms with Gasteiger partial charge in [-0.3, -0.25) is 4.79 Å². The molecule has 18 heavy (non-hydrogen) atoms. The molecule has 1 aliphatic carbocycles. The summed E-state index contributed by atoms with van der Waals surface area (Å²) >= 11 is 0. The van der Waals surface area contributed by atoms with E-state index in [-0.39, 0.29) is 5.92 Å². The fraction of sp³-hybridized carbons (Fsp3) is 0.688. The summed E-state index contributed by atoms with van der Waals surface area (Å²) in [6.07, 6.45) is 9.84. The van der Waals surface area contributed by atoms with Crippen molar-refractivity contribution in [2.75, 3.05) is 0 Å². The number of carboxylic acids is 1. The predicted octanol–water partition coefficient (Wildman–Crippen LogP) is 3.61. The van der Waals surface area contributed by atoms with Crippen molar-refractivity contribution in [1.82, 2.24) is 0 Å². The van der Waals surface area contributed by atoms with Gasteiger partial charge in [0.05, 0.1) is 5.92 Å². The molecule has 0 aromatic rings. The Balaban J connectivity index is 2.44. The lowest BCUT2D eigenvalue weighted by molar-refractivity contribution is -0.142. The molecule has 0 aliphatic heterocycles. The summed E-state index contributed by atoms with van der Waals surface area (Å²) in [5.74, 6) is 10.9. The molecule has 0 fully saturated rings. The van der Waals surface area contributed by atoms with Crippen LogP contribution in [0.5, 0.6) is 0 Å². The van der Waals surface area contributed by atoms with E-state index in [1.807, 2.05) is 0 Å². The molecular formula is C16H22O2. The first kappa shape index (κ1) is 14.7. The maximum Gasteiger partial charge on any atom is 0.306 e. The zero-order valence-corrected chi connectivity index (χ0v) is 11.0. The highest BCUT2D eigenvalue weighted by Crippen LogP contribution is 2.18. The van der Waals surface area contributed by atoms with E-state index in [4.69, 9.17) is 5.11 Å². The van der Waals surface area contributed by atoms with Crippen LogP contribution in [0.15, 0.2) is 0 Å². The summed E-state index contributed by atoms with van der Waals surface area (Å²) in [7, 11) is 0. The monoisotopic (exact) mass is 246 g/mol.